The predicted octanol–water partition coefficient (Wildman–Crippen LogP) is 0.349. The van der Waals surface area contributed by atoms with Crippen LogP contribution in [0, 0.1) is 6.92 Å². The highest BCUT2D eigenvalue weighted by Crippen LogP contribution is 2.12. The standard InChI is InChI=1S/C11H17NO3S/c1-9-3-5-11(6-4-9)16(14,15)8-10(13)7-12-2/h3-6,10,12-13H,7-8H2,1-2H3. The molecule has 0 aliphatic carbocycles. The molecule has 0 aliphatic rings. The second-order valence-electron chi connectivity index (χ2n) is 3.81. The van der Waals surface area contributed by atoms with E-state index in [2.05, 4.69) is 5.32 Å². The van der Waals surface area contributed by atoms with E-state index in [0.29, 0.717) is 0 Å². The van der Waals surface area contributed by atoms with Crippen molar-refractivity contribution in [2.75, 3.05) is 19.3 Å². The van der Waals surface area contributed by atoms with Gasteiger partial charge < -0.3 is 10.4 Å². The van der Waals surface area contributed by atoms with Gasteiger partial charge >= 0.3 is 0 Å². The Bertz CT molecular complexity index is 425. The van der Waals surface area contributed by atoms with E-state index in [4.69, 9.17) is 0 Å². The number of aliphatic hydroxyl groups is 1. The number of aliphatic hydroxyl groups excluding tert-OH is 1. The lowest BCUT2D eigenvalue weighted by molar-refractivity contribution is 0.197. The number of aryl methyl sites for hydroxylation is 1. The minimum atomic E-state index is -3.39. The Balaban J connectivity index is 2.82. The summed E-state index contributed by atoms with van der Waals surface area (Å²) in [4.78, 5) is 0.258. The Hall–Kier alpha value is -0.910. The molecule has 1 atom stereocenters. The van der Waals surface area contributed by atoms with Gasteiger partial charge in [0, 0.05) is 6.54 Å². The zero-order chi connectivity index (χ0) is 12.2. The molecule has 5 heteroatoms. The van der Waals surface area contributed by atoms with Crippen molar-refractivity contribution < 1.29 is 13.5 Å². The van der Waals surface area contributed by atoms with Gasteiger partial charge in [-0.3, -0.25) is 0 Å². The Morgan fingerprint density at radius 3 is 2.38 bits per heavy atom. The fourth-order valence-corrected chi connectivity index (χ4v) is 2.76. The van der Waals surface area contributed by atoms with Crippen molar-refractivity contribution in [2.24, 2.45) is 0 Å². The quantitative estimate of drug-likeness (QED) is 0.783. The smallest absolute Gasteiger partial charge is 0.180 e. The Morgan fingerprint density at radius 2 is 1.88 bits per heavy atom. The van der Waals surface area contributed by atoms with Crippen LogP contribution < -0.4 is 5.32 Å². The van der Waals surface area contributed by atoms with Crippen LogP contribution in [0.5, 0.6) is 0 Å². The van der Waals surface area contributed by atoms with Gasteiger partial charge in [0.05, 0.1) is 16.8 Å². The normalized spacial score (nSPS) is 13.7. The van der Waals surface area contributed by atoms with E-state index in [-0.39, 0.29) is 17.2 Å². The van der Waals surface area contributed by atoms with E-state index in [1.165, 1.54) is 0 Å². The highest BCUT2D eigenvalue weighted by atomic mass is 32.2. The summed E-state index contributed by atoms with van der Waals surface area (Å²) >= 11 is 0. The number of hydrogen-bond acceptors (Lipinski definition) is 4. The largest absolute Gasteiger partial charge is 0.391 e. The molecule has 0 saturated carbocycles. The first-order chi connectivity index (χ1) is 7.45. The third-order valence-electron chi connectivity index (χ3n) is 2.23. The molecule has 0 aromatic heterocycles. The first-order valence-corrected chi connectivity index (χ1v) is 6.73. The highest BCUT2D eigenvalue weighted by Gasteiger charge is 2.18. The molecule has 90 valence electrons. The molecule has 0 fully saturated rings. The maximum Gasteiger partial charge on any atom is 0.180 e. The zero-order valence-electron chi connectivity index (χ0n) is 9.47. The van der Waals surface area contributed by atoms with Gasteiger partial charge in [0.15, 0.2) is 9.84 Å². The number of benzene rings is 1. The van der Waals surface area contributed by atoms with Crippen LogP contribution in [0.3, 0.4) is 0 Å². The third kappa shape index (κ3) is 3.59. The van der Waals surface area contributed by atoms with Crippen LogP contribution >= 0.6 is 0 Å². The molecule has 0 heterocycles. The summed E-state index contributed by atoms with van der Waals surface area (Å²) in [7, 11) is -1.72. The molecule has 1 rings (SSSR count). The zero-order valence-corrected chi connectivity index (χ0v) is 10.3. The Kier molecular flexibility index (Phi) is 4.46. The second-order valence-corrected chi connectivity index (χ2v) is 5.84. The van der Waals surface area contributed by atoms with Crippen LogP contribution in [0.2, 0.25) is 0 Å². The summed E-state index contributed by atoms with van der Waals surface area (Å²) in [6, 6.07) is 6.63. The average Bonchev–Trinajstić information content (AvgIpc) is 2.17. The number of sulfone groups is 1. The lowest BCUT2D eigenvalue weighted by Gasteiger charge is -2.10. The van der Waals surface area contributed by atoms with Crippen molar-refractivity contribution >= 4 is 9.84 Å². The molecular weight excluding hydrogens is 226 g/mol. The minimum Gasteiger partial charge on any atom is -0.391 e. The van der Waals surface area contributed by atoms with E-state index >= 15 is 0 Å². The average molecular weight is 243 g/mol. The summed E-state index contributed by atoms with van der Waals surface area (Å²) in [5.41, 5.74) is 1.01. The van der Waals surface area contributed by atoms with Crippen molar-refractivity contribution in [3.63, 3.8) is 0 Å². The number of hydrogen-bond donors (Lipinski definition) is 2. The monoisotopic (exact) mass is 243 g/mol. The maximum atomic E-state index is 11.8. The Morgan fingerprint density at radius 1 is 1.31 bits per heavy atom. The molecule has 0 spiro atoms. The second kappa shape index (κ2) is 5.43. The van der Waals surface area contributed by atoms with Crippen LogP contribution in [-0.4, -0.2) is 39.0 Å². The van der Waals surface area contributed by atoms with E-state index in [1.54, 1.807) is 31.3 Å². The number of rotatable bonds is 5. The maximum absolute atomic E-state index is 11.8. The van der Waals surface area contributed by atoms with Gasteiger partial charge in [-0.25, -0.2) is 8.42 Å². The van der Waals surface area contributed by atoms with Crippen molar-refractivity contribution in [1.29, 1.82) is 0 Å². The SMILES string of the molecule is CNCC(O)CS(=O)(=O)c1ccc(C)cc1. The molecular formula is C11H17NO3S. The van der Waals surface area contributed by atoms with Gasteiger partial charge in [-0.05, 0) is 26.1 Å². The fourth-order valence-electron chi connectivity index (χ4n) is 1.39. The number of nitrogens with one attached hydrogen (secondary N) is 1. The summed E-state index contributed by atoms with van der Waals surface area (Å²) in [5.74, 6) is -0.253. The predicted molar refractivity (Wildman–Crippen MR) is 63.2 cm³/mol. The molecule has 4 nitrogen and oxygen atoms in total. The lowest BCUT2D eigenvalue weighted by Crippen LogP contribution is -2.30. The van der Waals surface area contributed by atoms with Crippen LogP contribution in [0.4, 0.5) is 0 Å². The Labute approximate surface area is 96.2 Å². The van der Waals surface area contributed by atoms with Gasteiger partial charge in [-0.15, -0.1) is 0 Å². The van der Waals surface area contributed by atoms with Crippen molar-refractivity contribution in [2.45, 2.75) is 17.9 Å². The van der Waals surface area contributed by atoms with E-state index < -0.39 is 15.9 Å². The summed E-state index contributed by atoms with van der Waals surface area (Å²) in [6.45, 7) is 2.16. The van der Waals surface area contributed by atoms with Gasteiger partial charge in [0.1, 0.15) is 0 Å². The summed E-state index contributed by atoms with van der Waals surface area (Å²) in [5, 5.41) is 12.2. The first-order valence-electron chi connectivity index (χ1n) is 5.08. The van der Waals surface area contributed by atoms with Gasteiger partial charge in [0.25, 0.3) is 0 Å². The van der Waals surface area contributed by atoms with Crippen molar-refractivity contribution in [3.05, 3.63) is 29.8 Å². The highest BCUT2D eigenvalue weighted by molar-refractivity contribution is 7.91. The van der Waals surface area contributed by atoms with E-state index in [9.17, 15) is 13.5 Å². The van der Waals surface area contributed by atoms with E-state index in [1.807, 2.05) is 6.92 Å². The van der Waals surface area contributed by atoms with Gasteiger partial charge in [-0.1, -0.05) is 17.7 Å². The molecule has 0 radical (unpaired) electrons. The van der Waals surface area contributed by atoms with Crippen LogP contribution in [0.1, 0.15) is 5.56 Å². The van der Waals surface area contributed by atoms with Crippen molar-refractivity contribution in [1.82, 2.24) is 5.32 Å². The summed E-state index contributed by atoms with van der Waals surface area (Å²) in [6.07, 6.45) is -0.878. The summed E-state index contributed by atoms with van der Waals surface area (Å²) < 4.78 is 23.7. The lowest BCUT2D eigenvalue weighted by atomic mass is 10.2. The molecule has 0 saturated heterocycles. The first kappa shape index (κ1) is 13.2. The molecule has 1 aromatic carbocycles. The van der Waals surface area contributed by atoms with Crippen LogP contribution in [-0.2, 0) is 9.84 Å². The van der Waals surface area contributed by atoms with Crippen LogP contribution in [0.25, 0.3) is 0 Å². The third-order valence-corrected chi connectivity index (χ3v) is 4.05. The van der Waals surface area contributed by atoms with Crippen molar-refractivity contribution in [3.8, 4) is 0 Å². The molecule has 1 aromatic rings. The minimum absolute atomic E-state index is 0.253. The van der Waals surface area contributed by atoms with Crippen LogP contribution in [0.15, 0.2) is 29.2 Å². The molecule has 16 heavy (non-hydrogen) atoms. The molecule has 0 aliphatic heterocycles. The topological polar surface area (TPSA) is 66.4 Å². The molecule has 2 N–H and O–H groups in total. The molecule has 0 amide bonds. The van der Waals surface area contributed by atoms with E-state index in [0.717, 1.165) is 5.56 Å². The van der Waals surface area contributed by atoms with Gasteiger partial charge in [-0.2, -0.15) is 0 Å². The molecule has 0 bridgehead atoms. The molecule has 1 unspecified atom stereocenters. The fraction of sp³-hybridized carbons (Fsp3) is 0.455. The number of likely N-dealkylation sites (N-methyl/N-ethyl adjacent to an activating group) is 1. The van der Waals surface area contributed by atoms with Gasteiger partial charge in [0.2, 0.25) is 0 Å².